The smallest absolute Gasteiger partial charge is 0.194 e. The third kappa shape index (κ3) is 5.27. The summed E-state index contributed by atoms with van der Waals surface area (Å²) in [5, 5.41) is 4.49. The molecular formula is C16H27IN4O2S. The average molecular weight is 466 g/mol. The number of aryl methyl sites for hydroxylation is 1. The molecule has 24 heavy (non-hydrogen) atoms. The van der Waals surface area contributed by atoms with Crippen molar-refractivity contribution in [3.63, 3.8) is 0 Å². The van der Waals surface area contributed by atoms with E-state index in [-0.39, 0.29) is 36.2 Å². The second-order valence-corrected chi connectivity index (χ2v) is 7.24. The van der Waals surface area contributed by atoms with Crippen molar-refractivity contribution in [2.24, 2.45) is 4.99 Å². The summed E-state index contributed by atoms with van der Waals surface area (Å²) in [4.78, 5) is 12.6. The van der Waals surface area contributed by atoms with E-state index in [0.717, 1.165) is 56.7 Å². The highest BCUT2D eigenvalue weighted by Crippen LogP contribution is 2.21. The third-order valence-electron chi connectivity index (χ3n) is 4.16. The number of guanidine groups is 1. The molecule has 0 spiro atoms. The molecule has 1 aromatic rings. The van der Waals surface area contributed by atoms with Gasteiger partial charge in [-0.05, 0) is 26.7 Å². The summed E-state index contributed by atoms with van der Waals surface area (Å²) < 4.78 is 11.7. The van der Waals surface area contributed by atoms with Gasteiger partial charge in [0, 0.05) is 37.3 Å². The van der Waals surface area contributed by atoms with Crippen LogP contribution in [0.4, 0.5) is 0 Å². The van der Waals surface area contributed by atoms with Gasteiger partial charge in [0.05, 0.1) is 24.3 Å². The van der Waals surface area contributed by atoms with Crippen LogP contribution in [0, 0.1) is 6.92 Å². The van der Waals surface area contributed by atoms with Crippen LogP contribution in [0.25, 0.3) is 0 Å². The minimum atomic E-state index is 0. The monoisotopic (exact) mass is 466 g/mol. The first-order valence-electron chi connectivity index (χ1n) is 8.44. The lowest BCUT2D eigenvalue weighted by molar-refractivity contribution is -0.0817. The van der Waals surface area contributed by atoms with Gasteiger partial charge in [-0.15, -0.1) is 35.3 Å². The first-order chi connectivity index (χ1) is 11.3. The lowest BCUT2D eigenvalue weighted by Crippen LogP contribution is -2.53. The maximum atomic E-state index is 5.93. The predicted octanol–water partition coefficient (Wildman–Crippen LogP) is 2.41. The number of thiazole rings is 1. The number of rotatable bonds is 4. The van der Waals surface area contributed by atoms with Gasteiger partial charge < -0.3 is 19.7 Å². The van der Waals surface area contributed by atoms with Crippen LogP contribution in [0.2, 0.25) is 0 Å². The van der Waals surface area contributed by atoms with Crippen LogP contribution in [0.5, 0.6) is 0 Å². The molecule has 2 unspecified atom stereocenters. The normalized spacial score (nSPS) is 24.8. The number of aliphatic imine (C=N–C) groups is 1. The lowest BCUT2D eigenvalue weighted by Gasteiger charge is -2.37. The molecule has 3 heterocycles. The van der Waals surface area contributed by atoms with E-state index < -0.39 is 0 Å². The van der Waals surface area contributed by atoms with Crippen molar-refractivity contribution in [2.75, 3.05) is 32.8 Å². The van der Waals surface area contributed by atoms with Crippen molar-refractivity contribution in [2.45, 2.75) is 45.4 Å². The zero-order valence-electron chi connectivity index (χ0n) is 14.4. The molecule has 6 nitrogen and oxygen atoms in total. The lowest BCUT2D eigenvalue weighted by atomic mass is 10.1. The van der Waals surface area contributed by atoms with Gasteiger partial charge in [0.1, 0.15) is 6.10 Å². The summed E-state index contributed by atoms with van der Waals surface area (Å²) in [5.41, 5.74) is 0. The molecule has 2 atom stereocenters. The fraction of sp³-hybridized carbons (Fsp3) is 0.750. The van der Waals surface area contributed by atoms with Gasteiger partial charge in [0.15, 0.2) is 5.96 Å². The number of halogens is 1. The summed E-state index contributed by atoms with van der Waals surface area (Å²) in [5.74, 6) is 0.963. The average Bonchev–Trinajstić information content (AvgIpc) is 3.23. The van der Waals surface area contributed by atoms with Gasteiger partial charge in [-0.1, -0.05) is 0 Å². The molecule has 0 radical (unpaired) electrons. The number of nitrogens with zero attached hydrogens (tertiary/aromatic N) is 3. The molecule has 0 saturated carbocycles. The summed E-state index contributed by atoms with van der Waals surface area (Å²) in [7, 11) is 0. The van der Waals surface area contributed by atoms with Crippen LogP contribution >= 0.6 is 35.3 Å². The number of nitrogens with one attached hydrogen (secondary N) is 1. The number of hydrogen-bond donors (Lipinski definition) is 1. The molecule has 0 amide bonds. The molecule has 0 aromatic carbocycles. The quantitative estimate of drug-likeness (QED) is 0.420. The van der Waals surface area contributed by atoms with E-state index in [4.69, 9.17) is 14.5 Å². The highest BCUT2D eigenvalue weighted by Gasteiger charge is 2.32. The Bertz CT molecular complexity index is 534. The fourth-order valence-electron chi connectivity index (χ4n) is 3.05. The number of ether oxygens (including phenoxy) is 2. The summed E-state index contributed by atoms with van der Waals surface area (Å²) in [6, 6.07) is 0. The molecule has 2 aliphatic rings. The SMILES string of the molecule is CCNC(=NCc1cnc(C)s1)N1CCOC(C2CCCO2)C1.I. The Balaban J connectivity index is 0.00000208. The molecule has 136 valence electrons. The molecule has 0 bridgehead atoms. The summed E-state index contributed by atoms with van der Waals surface area (Å²) in [6.07, 6.45) is 4.56. The predicted molar refractivity (Wildman–Crippen MR) is 107 cm³/mol. The van der Waals surface area contributed by atoms with Crippen molar-refractivity contribution in [3.05, 3.63) is 16.1 Å². The zero-order valence-corrected chi connectivity index (χ0v) is 17.5. The van der Waals surface area contributed by atoms with Gasteiger partial charge >= 0.3 is 0 Å². The Hall–Kier alpha value is -0.450. The Kier molecular flexibility index (Phi) is 8.18. The second kappa shape index (κ2) is 9.88. The minimum absolute atomic E-state index is 0. The molecule has 3 rings (SSSR count). The van der Waals surface area contributed by atoms with E-state index in [1.165, 1.54) is 4.88 Å². The van der Waals surface area contributed by atoms with E-state index in [2.05, 4.69) is 22.1 Å². The Morgan fingerprint density at radius 3 is 2.92 bits per heavy atom. The molecule has 0 aliphatic carbocycles. The van der Waals surface area contributed by atoms with Crippen LogP contribution < -0.4 is 5.32 Å². The topological polar surface area (TPSA) is 59.0 Å². The number of hydrogen-bond acceptors (Lipinski definition) is 5. The number of aromatic nitrogens is 1. The molecule has 2 aliphatic heterocycles. The van der Waals surface area contributed by atoms with Gasteiger partial charge in [0.2, 0.25) is 0 Å². The molecule has 8 heteroatoms. The van der Waals surface area contributed by atoms with Gasteiger partial charge in [-0.25, -0.2) is 9.98 Å². The Morgan fingerprint density at radius 2 is 2.25 bits per heavy atom. The Labute approximate surface area is 165 Å². The molecule has 2 fully saturated rings. The molecule has 1 aromatic heterocycles. The summed E-state index contributed by atoms with van der Waals surface area (Å²) >= 11 is 1.71. The van der Waals surface area contributed by atoms with Crippen molar-refractivity contribution in [1.82, 2.24) is 15.2 Å². The van der Waals surface area contributed by atoms with E-state index >= 15 is 0 Å². The van der Waals surface area contributed by atoms with Gasteiger partial charge in [0.25, 0.3) is 0 Å². The maximum absolute atomic E-state index is 5.93. The second-order valence-electron chi connectivity index (χ2n) is 5.92. The van der Waals surface area contributed by atoms with Crippen molar-refractivity contribution < 1.29 is 9.47 Å². The fourth-order valence-corrected chi connectivity index (χ4v) is 3.76. The van der Waals surface area contributed by atoms with E-state index in [1.54, 1.807) is 11.3 Å². The Morgan fingerprint density at radius 1 is 1.42 bits per heavy atom. The molecule has 2 saturated heterocycles. The molecular weight excluding hydrogens is 439 g/mol. The largest absolute Gasteiger partial charge is 0.375 e. The van der Waals surface area contributed by atoms with Crippen molar-refractivity contribution in [3.8, 4) is 0 Å². The van der Waals surface area contributed by atoms with E-state index in [9.17, 15) is 0 Å². The van der Waals surface area contributed by atoms with Crippen molar-refractivity contribution >= 4 is 41.3 Å². The van der Waals surface area contributed by atoms with Crippen molar-refractivity contribution in [1.29, 1.82) is 0 Å². The first kappa shape index (κ1) is 19.9. The molecule has 1 N–H and O–H groups in total. The van der Waals surface area contributed by atoms with E-state index in [1.807, 2.05) is 13.1 Å². The van der Waals surface area contributed by atoms with Crippen LogP contribution in [0.15, 0.2) is 11.2 Å². The highest BCUT2D eigenvalue weighted by atomic mass is 127. The third-order valence-corrected chi connectivity index (χ3v) is 5.06. The van der Waals surface area contributed by atoms with Crippen LogP contribution in [-0.4, -0.2) is 60.9 Å². The van der Waals surface area contributed by atoms with Crippen LogP contribution in [-0.2, 0) is 16.0 Å². The van der Waals surface area contributed by atoms with Crippen LogP contribution in [0.1, 0.15) is 29.7 Å². The highest BCUT2D eigenvalue weighted by molar-refractivity contribution is 14.0. The number of morpholine rings is 1. The first-order valence-corrected chi connectivity index (χ1v) is 9.25. The minimum Gasteiger partial charge on any atom is -0.375 e. The van der Waals surface area contributed by atoms with Crippen LogP contribution in [0.3, 0.4) is 0 Å². The van der Waals surface area contributed by atoms with Gasteiger partial charge in [-0.3, -0.25) is 0 Å². The maximum Gasteiger partial charge on any atom is 0.194 e. The summed E-state index contributed by atoms with van der Waals surface area (Å²) in [6.45, 7) is 8.98. The van der Waals surface area contributed by atoms with Gasteiger partial charge in [-0.2, -0.15) is 0 Å². The standard InChI is InChI=1S/C16H26N4O2S.HI/c1-3-17-16(19-10-13-9-18-12(2)23-13)20-6-8-22-15(11-20)14-5-4-7-21-14;/h9,14-15H,3-8,10-11H2,1-2H3,(H,17,19);1H. The van der Waals surface area contributed by atoms with E-state index in [0.29, 0.717) is 6.54 Å². The zero-order chi connectivity index (χ0) is 16.1.